The maximum Gasteiger partial charge on any atom is 0.270 e. The summed E-state index contributed by atoms with van der Waals surface area (Å²) in [6, 6.07) is 17.9. The first-order valence-corrected chi connectivity index (χ1v) is 8.28. The van der Waals surface area contributed by atoms with Crippen LogP contribution in [-0.2, 0) is 6.54 Å². The van der Waals surface area contributed by atoms with E-state index in [1.807, 2.05) is 37.3 Å². The van der Waals surface area contributed by atoms with Gasteiger partial charge in [-0.25, -0.2) is 14.4 Å². The van der Waals surface area contributed by atoms with Crippen LogP contribution in [0.2, 0.25) is 0 Å². The topological polar surface area (TPSA) is 66.9 Å². The Balaban J connectivity index is 1.65. The summed E-state index contributed by atoms with van der Waals surface area (Å²) in [4.78, 5) is 20.4. The first-order valence-electron chi connectivity index (χ1n) is 8.28. The van der Waals surface area contributed by atoms with E-state index in [4.69, 9.17) is 0 Å². The number of anilines is 1. The third-order valence-electron chi connectivity index (χ3n) is 3.96. The maximum atomic E-state index is 13.6. The van der Waals surface area contributed by atoms with Crippen molar-refractivity contribution in [3.63, 3.8) is 0 Å². The van der Waals surface area contributed by atoms with Crippen molar-refractivity contribution in [3.8, 4) is 0 Å². The second kappa shape index (κ2) is 8.20. The van der Waals surface area contributed by atoms with Gasteiger partial charge in [-0.05, 0) is 18.6 Å². The Labute approximate surface area is 151 Å². The lowest BCUT2D eigenvalue weighted by atomic mass is 10.1. The van der Waals surface area contributed by atoms with Crippen molar-refractivity contribution in [2.75, 3.05) is 5.32 Å². The zero-order valence-electron chi connectivity index (χ0n) is 14.3. The Morgan fingerprint density at radius 1 is 1.08 bits per heavy atom. The number of nitrogens with one attached hydrogen (secondary N) is 2. The van der Waals surface area contributed by atoms with Crippen LogP contribution in [0.5, 0.6) is 0 Å². The molecule has 0 aliphatic heterocycles. The van der Waals surface area contributed by atoms with Gasteiger partial charge in [0.05, 0.1) is 0 Å². The Hall–Kier alpha value is -3.28. The van der Waals surface area contributed by atoms with E-state index in [0.717, 1.165) is 5.56 Å². The third-order valence-corrected chi connectivity index (χ3v) is 3.96. The Kier molecular flexibility index (Phi) is 5.53. The first kappa shape index (κ1) is 17.5. The fraction of sp³-hybridized carbons (Fsp3) is 0.150. The number of hydrogen-bond donors (Lipinski definition) is 2. The van der Waals surface area contributed by atoms with Gasteiger partial charge in [0.1, 0.15) is 23.7 Å². The van der Waals surface area contributed by atoms with Crippen molar-refractivity contribution in [2.24, 2.45) is 0 Å². The standard InChI is InChI=1S/C20H19FN4O/c1-14(15-7-3-2-4-8-15)25-19-11-18(23-13-24-19)20(26)22-12-16-9-5-6-10-17(16)21/h2-11,13-14H,12H2,1H3,(H,22,26)(H,23,24,25). The van der Waals surface area contributed by atoms with Gasteiger partial charge in [0, 0.05) is 24.2 Å². The Bertz CT molecular complexity index is 886. The molecule has 0 spiro atoms. The summed E-state index contributed by atoms with van der Waals surface area (Å²) >= 11 is 0. The molecule has 0 bridgehead atoms. The van der Waals surface area contributed by atoms with Gasteiger partial charge in [-0.2, -0.15) is 0 Å². The number of hydrogen-bond acceptors (Lipinski definition) is 4. The number of nitrogens with zero attached hydrogens (tertiary/aromatic N) is 2. The Morgan fingerprint density at radius 2 is 1.81 bits per heavy atom. The molecule has 5 nitrogen and oxygen atoms in total. The van der Waals surface area contributed by atoms with Crippen LogP contribution in [0.4, 0.5) is 10.2 Å². The molecule has 26 heavy (non-hydrogen) atoms. The minimum absolute atomic E-state index is 0.0282. The summed E-state index contributed by atoms with van der Waals surface area (Å²) in [6.45, 7) is 2.11. The molecule has 1 heterocycles. The second-order valence-corrected chi connectivity index (χ2v) is 5.84. The van der Waals surface area contributed by atoms with E-state index >= 15 is 0 Å². The third kappa shape index (κ3) is 4.42. The molecule has 0 saturated heterocycles. The molecule has 1 amide bonds. The summed E-state index contributed by atoms with van der Waals surface area (Å²) in [5.41, 5.74) is 1.75. The van der Waals surface area contributed by atoms with Gasteiger partial charge in [-0.3, -0.25) is 4.79 Å². The van der Waals surface area contributed by atoms with Crippen molar-refractivity contribution >= 4 is 11.7 Å². The van der Waals surface area contributed by atoms with Crippen LogP contribution in [-0.4, -0.2) is 15.9 Å². The molecule has 0 aliphatic rings. The van der Waals surface area contributed by atoms with E-state index in [9.17, 15) is 9.18 Å². The smallest absolute Gasteiger partial charge is 0.270 e. The summed E-state index contributed by atoms with van der Waals surface area (Å²) in [5.74, 6) is -0.187. The minimum atomic E-state index is -0.383. The highest BCUT2D eigenvalue weighted by Crippen LogP contribution is 2.17. The fourth-order valence-electron chi connectivity index (χ4n) is 2.52. The molecule has 1 aromatic heterocycles. The molecule has 0 fully saturated rings. The van der Waals surface area contributed by atoms with Crippen LogP contribution in [0.25, 0.3) is 0 Å². The molecule has 0 radical (unpaired) electrons. The average Bonchev–Trinajstić information content (AvgIpc) is 2.68. The molecule has 1 atom stereocenters. The monoisotopic (exact) mass is 350 g/mol. The number of carbonyl (C=O) groups excluding carboxylic acids is 1. The van der Waals surface area contributed by atoms with E-state index in [-0.39, 0.29) is 30.0 Å². The summed E-state index contributed by atoms with van der Waals surface area (Å²) in [6.07, 6.45) is 1.33. The number of aromatic nitrogens is 2. The van der Waals surface area contributed by atoms with Gasteiger partial charge in [-0.15, -0.1) is 0 Å². The Morgan fingerprint density at radius 3 is 2.58 bits per heavy atom. The fourth-order valence-corrected chi connectivity index (χ4v) is 2.52. The van der Waals surface area contributed by atoms with Crippen LogP contribution >= 0.6 is 0 Å². The predicted molar refractivity (Wildman–Crippen MR) is 98.1 cm³/mol. The first-order chi connectivity index (χ1) is 12.6. The van der Waals surface area contributed by atoms with Crippen LogP contribution in [0.15, 0.2) is 67.0 Å². The van der Waals surface area contributed by atoms with Crippen LogP contribution in [0.3, 0.4) is 0 Å². The lowest BCUT2D eigenvalue weighted by molar-refractivity contribution is 0.0945. The highest BCUT2D eigenvalue weighted by atomic mass is 19.1. The number of carbonyl (C=O) groups is 1. The molecule has 1 unspecified atom stereocenters. The summed E-state index contributed by atoms with van der Waals surface area (Å²) in [5, 5.41) is 5.92. The van der Waals surface area contributed by atoms with E-state index in [0.29, 0.717) is 11.4 Å². The normalized spacial score (nSPS) is 11.6. The van der Waals surface area contributed by atoms with Gasteiger partial charge in [0.25, 0.3) is 5.91 Å². The molecule has 3 rings (SSSR count). The molecule has 3 aromatic rings. The van der Waals surface area contributed by atoms with Crippen LogP contribution in [0.1, 0.15) is 34.6 Å². The molecular formula is C20H19FN4O. The molecule has 0 saturated carbocycles. The van der Waals surface area contributed by atoms with Gasteiger partial charge >= 0.3 is 0 Å². The van der Waals surface area contributed by atoms with Gasteiger partial charge in [0.15, 0.2) is 0 Å². The average molecular weight is 350 g/mol. The van der Waals surface area contributed by atoms with Gasteiger partial charge in [-0.1, -0.05) is 48.5 Å². The van der Waals surface area contributed by atoms with Gasteiger partial charge in [0.2, 0.25) is 0 Å². The molecule has 2 aromatic carbocycles. The van der Waals surface area contributed by atoms with Crippen molar-refractivity contribution in [3.05, 3.63) is 89.6 Å². The second-order valence-electron chi connectivity index (χ2n) is 5.84. The minimum Gasteiger partial charge on any atom is -0.363 e. The number of amides is 1. The lowest BCUT2D eigenvalue weighted by Gasteiger charge is -2.15. The molecule has 6 heteroatoms. The molecule has 2 N–H and O–H groups in total. The SMILES string of the molecule is CC(Nc1cc(C(=O)NCc2ccccc2F)ncn1)c1ccccc1. The lowest BCUT2D eigenvalue weighted by Crippen LogP contribution is -2.24. The van der Waals surface area contributed by atoms with Gasteiger partial charge < -0.3 is 10.6 Å². The molecule has 0 aliphatic carbocycles. The largest absolute Gasteiger partial charge is 0.363 e. The van der Waals surface area contributed by atoms with E-state index in [2.05, 4.69) is 20.6 Å². The van der Waals surface area contributed by atoms with Crippen molar-refractivity contribution in [2.45, 2.75) is 19.5 Å². The highest BCUT2D eigenvalue weighted by Gasteiger charge is 2.11. The highest BCUT2D eigenvalue weighted by molar-refractivity contribution is 5.92. The van der Waals surface area contributed by atoms with Crippen LogP contribution in [0, 0.1) is 5.82 Å². The van der Waals surface area contributed by atoms with Crippen molar-refractivity contribution < 1.29 is 9.18 Å². The molecular weight excluding hydrogens is 331 g/mol. The quantitative estimate of drug-likeness (QED) is 0.711. The van der Waals surface area contributed by atoms with E-state index in [1.54, 1.807) is 24.3 Å². The number of rotatable bonds is 6. The maximum absolute atomic E-state index is 13.6. The number of benzene rings is 2. The van der Waals surface area contributed by atoms with Crippen molar-refractivity contribution in [1.29, 1.82) is 0 Å². The summed E-state index contributed by atoms with van der Waals surface area (Å²) in [7, 11) is 0. The van der Waals surface area contributed by atoms with E-state index in [1.165, 1.54) is 12.4 Å². The van der Waals surface area contributed by atoms with Crippen molar-refractivity contribution in [1.82, 2.24) is 15.3 Å². The molecule has 132 valence electrons. The zero-order valence-corrected chi connectivity index (χ0v) is 14.3. The van der Waals surface area contributed by atoms with E-state index < -0.39 is 0 Å². The zero-order chi connectivity index (χ0) is 18.4. The summed E-state index contributed by atoms with van der Waals surface area (Å²) < 4.78 is 13.6. The van der Waals surface area contributed by atoms with Crippen LogP contribution < -0.4 is 10.6 Å². The number of halogens is 1. The predicted octanol–water partition coefficient (Wildman–Crippen LogP) is 3.72.